The average molecular weight is 388 g/mol. The van der Waals surface area contributed by atoms with Gasteiger partial charge in [0.25, 0.3) is 0 Å². The van der Waals surface area contributed by atoms with Crippen molar-refractivity contribution in [3.05, 3.63) is 30.4 Å². The van der Waals surface area contributed by atoms with E-state index in [-0.39, 0.29) is 11.0 Å². The van der Waals surface area contributed by atoms with E-state index in [4.69, 9.17) is 12.2 Å². The molecule has 0 bridgehead atoms. The smallest absolute Gasteiger partial charge is 0.246 e. The van der Waals surface area contributed by atoms with Gasteiger partial charge < -0.3 is 9.88 Å². The molecule has 2 heterocycles. The molecule has 1 fully saturated rings. The van der Waals surface area contributed by atoms with Crippen molar-refractivity contribution < 1.29 is 9.59 Å². The number of imidazole rings is 1. The zero-order valence-corrected chi connectivity index (χ0v) is 16.2. The van der Waals surface area contributed by atoms with Gasteiger partial charge in [-0.3, -0.25) is 19.5 Å². The fourth-order valence-electron chi connectivity index (χ4n) is 3.30. The van der Waals surface area contributed by atoms with E-state index in [1.54, 1.807) is 12.5 Å². The molecule has 1 aliphatic heterocycles. The number of hydrogen-bond acceptors (Lipinski definition) is 5. The Morgan fingerprint density at radius 3 is 2.96 bits per heavy atom. The molecule has 1 saturated heterocycles. The van der Waals surface area contributed by atoms with Crippen LogP contribution in [0.5, 0.6) is 0 Å². The number of allylic oxidation sites excluding steroid dienone is 1. The van der Waals surface area contributed by atoms with E-state index in [1.807, 2.05) is 10.8 Å². The Kier molecular flexibility index (Phi) is 6.86. The number of thiocarbonyl (C=S) groups is 1. The maximum Gasteiger partial charge on any atom is 0.246 e. The van der Waals surface area contributed by atoms with Crippen molar-refractivity contribution in [3.63, 3.8) is 0 Å². The molecule has 7 nitrogen and oxygen atoms in total. The molecule has 0 aromatic carbocycles. The van der Waals surface area contributed by atoms with E-state index in [1.165, 1.54) is 29.5 Å². The van der Waals surface area contributed by atoms with E-state index < -0.39 is 11.8 Å². The van der Waals surface area contributed by atoms with Crippen LogP contribution in [0.1, 0.15) is 38.5 Å². The Morgan fingerprint density at radius 1 is 1.33 bits per heavy atom. The van der Waals surface area contributed by atoms with Gasteiger partial charge in [-0.2, -0.15) is 0 Å². The number of rotatable bonds is 8. The van der Waals surface area contributed by atoms with Gasteiger partial charge in [-0.25, -0.2) is 4.98 Å². The molecule has 1 aromatic heterocycles. The summed E-state index contributed by atoms with van der Waals surface area (Å²) < 4.78 is 1.97. The van der Waals surface area contributed by atoms with Crippen LogP contribution in [0.2, 0.25) is 0 Å². The van der Waals surface area contributed by atoms with E-state index in [9.17, 15) is 9.59 Å². The lowest BCUT2D eigenvalue weighted by atomic mass is 9.97. The minimum Gasteiger partial charge on any atom is -0.337 e. The van der Waals surface area contributed by atoms with Gasteiger partial charge in [0.15, 0.2) is 11.0 Å². The lowest BCUT2D eigenvalue weighted by Gasteiger charge is -2.31. The first kappa shape index (κ1) is 19.4. The summed E-state index contributed by atoms with van der Waals surface area (Å²) >= 11 is 5.20. The monoisotopic (exact) mass is 387 g/mol. The first-order valence-electron chi connectivity index (χ1n) is 9.45. The molecule has 1 aromatic rings. The molecule has 8 heteroatoms. The largest absolute Gasteiger partial charge is 0.337 e. The highest BCUT2D eigenvalue weighted by Gasteiger charge is 2.37. The summed E-state index contributed by atoms with van der Waals surface area (Å²) in [5.74, 6) is -1.57. The quantitative estimate of drug-likeness (QED) is 0.244. The summed E-state index contributed by atoms with van der Waals surface area (Å²) in [6, 6.07) is 0. The molecular weight excluding hydrogens is 362 g/mol. The number of carbonyl (C=O) groups excluding carboxylic acids is 2. The van der Waals surface area contributed by atoms with Crippen LogP contribution in [0, 0.1) is 5.92 Å². The van der Waals surface area contributed by atoms with Crippen LogP contribution >= 0.6 is 12.2 Å². The fourth-order valence-corrected chi connectivity index (χ4v) is 3.59. The molecule has 2 amide bonds. The molecule has 0 radical (unpaired) electrons. The summed E-state index contributed by atoms with van der Waals surface area (Å²) in [6.07, 6.45) is 15.3. The van der Waals surface area contributed by atoms with Crippen molar-refractivity contribution in [2.45, 2.75) is 45.1 Å². The molecule has 0 spiro atoms. The number of nitrogens with zero attached hydrogens (tertiary/aromatic N) is 4. The summed E-state index contributed by atoms with van der Waals surface area (Å²) in [5, 5.41) is 2.84. The van der Waals surface area contributed by atoms with Gasteiger partial charge in [-0.15, -0.1) is 0 Å². The molecule has 3 rings (SSSR count). The molecule has 1 N–H and O–H groups in total. The van der Waals surface area contributed by atoms with Crippen molar-refractivity contribution in [1.82, 2.24) is 19.8 Å². The second-order valence-corrected chi connectivity index (χ2v) is 7.22. The molecule has 2 aliphatic rings. The number of nitrogens with one attached hydrogen (secondary N) is 1. The van der Waals surface area contributed by atoms with Gasteiger partial charge in [0.05, 0.1) is 6.33 Å². The lowest BCUT2D eigenvalue weighted by Crippen LogP contribution is -2.58. The van der Waals surface area contributed by atoms with Crippen molar-refractivity contribution >= 4 is 35.4 Å². The maximum absolute atomic E-state index is 12.7. The Bertz CT molecular complexity index is 741. The third-order valence-electron chi connectivity index (χ3n) is 4.85. The first-order chi connectivity index (χ1) is 13.1. The van der Waals surface area contributed by atoms with Gasteiger partial charge >= 0.3 is 0 Å². The molecule has 27 heavy (non-hydrogen) atoms. The highest BCUT2D eigenvalue weighted by molar-refractivity contribution is 7.80. The third kappa shape index (κ3) is 5.32. The molecule has 0 saturated carbocycles. The summed E-state index contributed by atoms with van der Waals surface area (Å²) in [7, 11) is 0. The molecular formula is C19H25N5O2S. The molecule has 1 atom stereocenters. The number of aryl methyl sites for hydroxylation is 1. The van der Waals surface area contributed by atoms with Crippen molar-refractivity contribution in [2.24, 2.45) is 10.9 Å². The van der Waals surface area contributed by atoms with E-state index in [0.29, 0.717) is 13.1 Å². The Balaban J connectivity index is 1.51. The van der Waals surface area contributed by atoms with E-state index in [0.717, 1.165) is 32.2 Å². The Hall–Kier alpha value is -2.35. The van der Waals surface area contributed by atoms with Crippen LogP contribution in [0.3, 0.4) is 0 Å². The predicted octanol–water partition coefficient (Wildman–Crippen LogP) is 2.09. The van der Waals surface area contributed by atoms with Gasteiger partial charge in [0.1, 0.15) is 0 Å². The predicted molar refractivity (Wildman–Crippen MR) is 107 cm³/mol. The minimum atomic E-state index is -0.898. The SMILES string of the molecule is O=C1NC(=S)N(CCC2=CCCCC2)C(=O)C1C=NCCCn1ccnc1. The van der Waals surface area contributed by atoms with Gasteiger partial charge in [-0.1, -0.05) is 11.6 Å². The van der Waals surface area contributed by atoms with Crippen molar-refractivity contribution in [1.29, 1.82) is 0 Å². The molecule has 1 unspecified atom stereocenters. The van der Waals surface area contributed by atoms with E-state index >= 15 is 0 Å². The van der Waals surface area contributed by atoms with Crippen LogP contribution in [0.15, 0.2) is 35.4 Å². The number of aliphatic imine (C=N–C) groups is 1. The molecule has 144 valence electrons. The van der Waals surface area contributed by atoms with Gasteiger partial charge in [0, 0.05) is 38.2 Å². The van der Waals surface area contributed by atoms with Gasteiger partial charge in [-0.05, 0) is 50.7 Å². The van der Waals surface area contributed by atoms with E-state index in [2.05, 4.69) is 21.4 Å². The second-order valence-electron chi connectivity index (χ2n) is 6.83. The van der Waals surface area contributed by atoms with Crippen LogP contribution in [0.4, 0.5) is 0 Å². The first-order valence-corrected chi connectivity index (χ1v) is 9.86. The Morgan fingerprint density at radius 2 is 2.22 bits per heavy atom. The molecule has 1 aliphatic carbocycles. The maximum atomic E-state index is 12.7. The van der Waals surface area contributed by atoms with Crippen molar-refractivity contribution in [3.8, 4) is 0 Å². The normalized spacial score (nSPS) is 20.9. The highest BCUT2D eigenvalue weighted by atomic mass is 32.1. The fraction of sp³-hybridized carbons (Fsp3) is 0.526. The lowest BCUT2D eigenvalue weighted by molar-refractivity contribution is -0.137. The zero-order valence-electron chi connectivity index (χ0n) is 15.3. The third-order valence-corrected chi connectivity index (χ3v) is 5.17. The zero-order chi connectivity index (χ0) is 19.1. The van der Waals surface area contributed by atoms with Crippen LogP contribution < -0.4 is 5.32 Å². The van der Waals surface area contributed by atoms with Crippen LogP contribution in [-0.4, -0.2) is 50.7 Å². The number of carbonyl (C=O) groups is 2. The second kappa shape index (κ2) is 9.55. The number of amides is 2. The average Bonchev–Trinajstić information content (AvgIpc) is 3.18. The van der Waals surface area contributed by atoms with Crippen LogP contribution in [-0.2, 0) is 16.1 Å². The topological polar surface area (TPSA) is 79.6 Å². The number of hydrogen-bond donors (Lipinski definition) is 1. The van der Waals surface area contributed by atoms with Crippen molar-refractivity contribution in [2.75, 3.05) is 13.1 Å². The van der Waals surface area contributed by atoms with Gasteiger partial charge in [0.2, 0.25) is 11.8 Å². The standard InChI is InChI=1S/C19H25N5O2S/c25-17-16(13-20-8-4-10-23-12-9-21-14-23)18(26)24(19(27)22-17)11-7-15-5-2-1-3-6-15/h5,9,12-14,16H,1-4,6-8,10-11H2,(H,22,25,27). The minimum absolute atomic E-state index is 0.200. The summed E-state index contributed by atoms with van der Waals surface area (Å²) in [6.45, 7) is 1.86. The summed E-state index contributed by atoms with van der Waals surface area (Å²) in [5.41, 5.74) is 1.37. The number of aromatic nitrogens is 2. The Labute approximate surface area is 164 Å². The van der Waals surface area contributed by atoms with Crippen LogP contribution in [0.25, 0.3) is 0 Å². The highest BCUT2D eigenvalue weighted by Crippen LogP contribution is 2.21. The summed E-state index contributed by atoms with van der Waals surface area (Å²) in [4.78, 5) is 34.7.